The quantitative estimate of drug-likeness (QED) is 0.920. The van der Waals surface area contributed by atoms with Crippen LogP contribution in [0.2, 0.25) is 0 Å². The first-order valence-corrected chi connectivity index (χ1v) is 6.86. The molecular formula is C14H16N2O3S. The maximum absolute atomic E-state index is 12.2. The van der Waals surface area contributed by atoms with Crippen molar-refractivity contribution < 1.29 is 14.3 Å². The first kappa shape index (κ1) is 14.5. The minimum atomic E-state index is -0.160. The second-order valence-electron chi connectivity index (χ2n) is 4.14. The highest BCUT2D eigenvalue weighted by molar-refractivity contribution is 7.13. The van der Waals surface area contributed by atoms with Crippen molar-refractivity contribution in [3.05, 3.63) is 39.8 Å². The van der Waals surface area contributed by atoms with E-state index in [0.717, 1.165) is 16.4 Å². The summed E-state index contributed by atoms with van der Waals surface area (Å²) in [5.41, 5.74) is 1.44. The Bertz CT molecular complexity index is 593. The Morgan fingerprint density at radius 2 is 2.00 bits per heavy atom. The first-order valence-electron chi connectivity index (χ1n) is 6.04. The van der Waals surface area contributed by atoms with Gasteiger partial charge in [0.05, 0.1) is 19.4 Å². The number of hydrogen-bond acceptors (Lipinski definition) is 5. The zero-order chi connectivity index (χ0) is 14.5. The Morgan fingerprint density at radius 3 is 2.60 bits per heavy atom. The molecule has 5 nitrogen and oxygen atoms in total. The summed E-state index contributed by atoms with van der Waals surface area (Å²) in [5.74, 6) is 0.590. The molecule has 0 aliphatic heterocycles. The van der Waals surface area contributed by atoms with Crippen LogP contribution in [0.1, 0.15) is 20.4 Å². The topological polar surface area (TPSA) is 60.5 Å². The largest absolute Gasteiger partial charge is 0.497 e. The van der Waals surface area contributed by atoms with Gasteiger partial charge in [-0.2, -0.15) is 0 Å². The minimum Gasteiger partial charge on any atom is -0.497 e. The van der Waals surface area contributed by atoms with Crippen LogP contribution >= 0.6 is 11.3 Å². The first-order chi connectivity index (χ1) is 9.63. The van der Waals surface area contributed by atoms with Crippen LogP contribution in [0.15, 0.2) is 24.3 Å². The van der Waals surface area contributed by atoms with Gasteiger partial charge in [0.15, 0.2) is 0 Å². The molecule has 2 rings (SSSR count). The standard InChI is InChI=1S/C14H16N2O3S/c1-9-13(20-12(15-9)8-18-2)14(17)16-10-4-6-11(19-3)7-5-10/h4-7H,8H2,1-3H3,(H,16,17). The van der Waals surface area contributed by atoms with Crippen LogP contribution in [0, 0.1) is 6.92 Å². The number of nitrogens with one attached hydrogen (secondary N) is 1. The molecule has 0 aliphatic rings. The number of aromatic nitrogens is 1. The molecule has 1 heterocycles. The van der Waals surface area contributed by atoms with Gasteiger partial charge in [-0.15, -0.1) is 11.3 Å². The van der Waals surface area contributed by atoms with Crippen molar-refractivity contribution in [3.63, 3.8) is 0 Å². The Balaban J connectivity index is 2.10. The second-order valence-corrected chi connectivity index (χ2v) is 5.22. The van der Waals surface area contributed by atoms with Crippen molar-refractivity contribution in [2.45, 2.75) is 13.5 Å². The highest BCUT2D eigenvalue weighted by atomic mass is 32.1. The monoisotopic (exact) mass is 292 g/mol. The summed E-state index contributed by atoms with van der Waals surface area (Å²) < 4.78 is 10.1. The van der Waals surface area contributed by atoms with Gasteiger partial charge in [-0.25, -0.2) is 4.98 Å². The predicted octanol–water partition coefficient (Wildman–Crippen LogP) is 2.86. The normalized spacial score (nSPS) is 10.3. The Labute approximate surface area is 121 Å². The average Bonchev–Trinajstić information content (AvgIpc) is 2.81. The van der Waals surface area contributed by atoms with Crippen molar-refractivity contribution in [1.29, 1.82) is 0 Å². The van der Waals surface area contributed by atoms with Gasteiger partial charge in [0.2, 0.25) is 0 Å². The molecule has 0 bridgehead atoms. The van der Waals surface area contributed by atoms with Crippen molar-refractivity contribution >= 4 is 22.9 Å². The zero-order valence-electron chi connectivity index (χ0n) is 11.6. The number of thiazole rings is 1. The number of nitrogens with zero attached hydrogens (tertiary/aromatic N) is 1. The predicted molar refractivity (Wildman–Crippen MR) is 78.5 cm³/mol. The molecule has 1 N–H and O–H groups in total. The van der Waals surface area contributed by atoms with Crippen LogP contribution in [-0.4, -0.2) is 25.1 Å². The van der Waals surface area contributed by atoms with Gasteiger partial charge in [-0.3, -0.25) is 4.79 Å². The van der Waals surface area contributed by atoms with E-state index in [4.69, 9.17) is 9.47 Å². The number of amides is 1. The minimum absolute atomic E-state index is 0.160. The number of rotatable bonds is 5. The van der Waals surface area contributed by atoms with Gasteiger partial charge in [0, 0.05) is 12.8 Å². The molecule has 0 radical (unpaired) electrons. The molecule has 20 heavy (non-hydrogen) atoms. The lowest BCUT2D eigenvalue weighted by Crippen LogP contribution is -2.11. The van der Waals surface area contributed by atoms with Crippen molar-refractivity contribution in [2.75, 3.05) is 19.5 Å². The van der Waals surface area contributed by atoms with Gasteiger partial charge in [-0.1, -0.05) is 0 Å². The van der Waals surface area contributed by atoms with Gasteiger partial charge in [-0.05, 0) is 31.2 Å². The van der Waals surface area contributed by atoms with Gasteiger partial charge >= 0.3 is 0 Å². The lowest BCUT2D eigenvalue weighted by molar-refractivity contribution is 0.103. The number of ether oxygens (including phenoxy) is 2. The number of benzene rings is 1. The van der Waals surface area contributed by atoms with Crippen molar-refractivity contribution in [2.24, 2.45) is 0 Å². The van der Waals surface area contributed by atoms with Crippen LogP contribution in [0.4, 0.5) is 5.69 Å². The molecule has 0 unspecified atom stereocenters. The van der Waals surface area contributed by atoms with E-state index in [1.807, 2.05) is 6.92 Å². The summed E-state index contributed by atoms with van der Waals surface area (Å²) in [4.78, 5) is 17.1. The molecule has 0 spiro atoms. The highest BCUT2D eigenvalue weighted by Gasteiger charge is 2.15. The molecule has 0 aliphatic carbocycles. The molecule has 0 atom stereocenters. The number of carbonyl (C=O) groups excluding carboxylic acids is 1. The summed E-state index contributed by atoms with van der Waals surface area (Å²) in [6.07, 6.45) is 0. The molecule has 1 aromatic carbocycles. The van der Waals surface area contributed by atoms with Gasteiger partial charge < -0.3 is 14.8 Å². The molecular weight excluding hydrogens is 276 g/mol. The molecule has 1 aromatic heterocycles. The zero-order valence-corrected chi connectivity index (χ0v) is 12.4. The third-order valence-corrected chi connectivity index (χ3v) is 3.79. The number of methoxy groups -OCH3 is 2. The maximum atomic E-state index is 12.2. The van der Waals surface area contributed by atoms with E-state index >= 15 is 0 Å². The van der Waals surface area contributed by atoms with E-state index in [1.165, 1.54) is 11.3 Å². The van der Waals surface area contributed by atoms with Crippen LogP contribution in [0.5, 0.6) is 5.75 Å². The van der Waals surface area contributed by atoms with E-state index < -0.39 is 0 Å². The van der Waals surface area contributed by atoms with E-state index in [9.17, 15) is 4.79 Å². The second kappa shape index (κ2) is 6.49. The summed E-state index contributed by atoms with van der Waals surface area (Å²) in [6, 6.07) is 7.18. The van der Waals surface area contributed by atoms with Crippen molar-refractivity contribution in [1.82, 2.24) is 4.98 Å². The van der Waals surface area contributed by atoms with Crippen LogP contribution in [-0.2, 0) is 11.3 Å². The lowest BCUT2D eigenvalue weighted by Gasteiger charge is -2.05. The molecule has 2 aromatic rings. The van der Waals surface area contributed by atoms with E-state index in [0.29, 0.717) is 17.2 Å². The SMILES string of the molecule is COCc1nc(C)c(C(=O)Nc2ccc(OC)cc2)s1. The fraction of sp³-hybridized carbons (Fsp3) is 0.286. The third kappa shape index (κ3) is 3.34. The van der Waals surface area contributed by atoms with E-state index in [1.54, 1.807) is 38.5 Å². The van der Waals surface area contributed by atoms with Crippen LogP contribution in [0.3, 0.4) is 0 Å². The highest BCUT2D eigenvalue weighted by Crippen LogP contribution is 2.21. The number of carbonyl (C=O) groups is 1. The Kier molecular flexibility index (Phi) is 4.70. The number of hydrogen-bond donors (Lipinski definition) is 1. The summed E-state index contributed by atoms with van der Waals surface area (Å²) in [7, 11) is 3.21. The maximum Gasteiger partial charge on any atom is 0.267 e. The van der Waals surface area contributed by atoms with E-state index in [-0.39, 0.29) is 5.91 Å². The van der Waals surface area contributed by atoms with E-state index in [2.05, 4.69) is 10.3 Å². The lowest BCUT2D eigenvalue weighted by atomic mass is 10.3. The summed E-state index contributed by atoms with van der Waals surface area (Å²) in [5, 5.41) is 3.64. The number of anilines is 1. The van der Waals surface area contributed by atoms with Gasteiger partial charge in [0.25, 0.3) is 5.91 Å². The fourth-order valence-electron chi connectivity index (χ4n) is 1.71. The van der Waals surface area contributed by atoms with Gasteiger partial charge in [0.1, 0.15) is 15.6 Å². The average molecular weight is 292 g/mol. The fourth-order valence-corrected chi connectivity index (χ4v) is 2.64. The molecule has 1 amide bonds. The summed E-state index contributed by atoms with van der Waals surface area (Å²) >= 11 is 1.35. The molecule has 6 heteroatoms. The third-order valence-electron chi connectivity index (χ3n) is 2.66. The summed E-state index contributed by atoms with van der Waals surface area (Å²) in [6.45, 7) is 2.24. The van der Waals surface area contributed by atoms with Crippen LogP contribution in [0.25, 0.3) is 0 Å². The molecule has 0 saturated carbocycles. The number of aryl methyl sites for hydroxylation is 1. The van der Waals surface area contributed by atoms with Crippen molar-refractivity contribution in [3.8, 4) is 5.75 Å². The Morgan fingerprint density at radius 1 is 1.30 bits per heavy atom. The van der Waals surface area contributed by atoms with Crippen LogP contribution < -0.4 is 10.1 Å². The smallest absolute Gasteiger partial charge is 0.267 e. The molecule has 0 fully saturated rings. The Hall–Kier alpha value is -1.92. The molecule has 106 valence electrons. The molecule has 0 saturated heterocycles.